The SMILES string of the molecule is C1=CCCC(N(c2ccccc2)c2ccc(C3=CC4Oc5ccccc5C5(C6=CCCC=C6Oc6cc(C7CCC8=C(C7)C7C=CCCC7S8)ccc65)C4C=C3)cc2)=C1. The van der Waals surface area contributed by atoms with Crippen molar-refractivity contribution in [1.29, 1.82) is 0 Å². The van der Waals surface area contributed by atoms with Crippen molar-refractivity contribution in [3.8, 4) is 11.5 Å². The molecule has 0 bridgehead atoms. The molecule has 3 nitrogen and oxygen atoms in total. The molecule has 4 heteroatoms. The quantitative estimate of drug-likeness (QED) is 0.188. The monoisotopic (exact) mass is 787 g/mol. The van der Waals surface area contributed by atoms with E-state index >= 15 is 0 Å². The molecule has 6 unspecified atom stereocenters. The van der Waals surface area contributed by atoms with Gasteiger partial charge in [-0.1, -0.05) is 109 Å². The Balaban J connectivity index is 0.914. The molecule has 0 radical (unpaired) electrons. The summed E-state index contributed by atoms with van der Waals surface area (Å²) >= 11 is 2.20. The molecule has 0 aromatic heterocycles. The molecule has 4 aromatic carbocycles. The van der Waals surface area contributed by atoms with Crippen molar-refractivity contribution in [2.24, 2.45) is 11.8 Å². The Morgan fingerprint density at radius 2 is 1.58 bits per heavy atom. The Morgan fingerprint density at radius 1 is 0.729 bits per heavy atom. The van der Waals surface area contributed by atoms with Crippen LogP contribution in [0, 0.1) is 11.8 Å². The van der Waals surface area contributed by atoms with Crippen molar-refractivity contribution in [3.63, 3.8) is 0 Å². The topological polar surface area (TPSA) is 21.7 Å². The van der Waals surface area contributed by atoms with Gasteiger partial charge in [0.05, 0.1) is 5.41 Å². The Hall–Kier alpha value is -5.45. The molecule has 0 fully saturated rings. The molecular formula is C55H49NO2S. The van der Waals surface area contributed by atoms with Gasteiger partial charge in [0, 0.05) is 50.9 Å². The highest BCUT2D eigenvalue weighted by molar-refractivity contribution is 8.04. The second-order valence-corrected chi connectivity index (χ2v) is 18.8. The first-order valence-electron chi connectivity index (χ1n) is 22.0. The lowest BCUT2D eigenvalue weighted by Gasteiger charge is -2.52. The summed E-state index contributed by atoms with van der Waals surface area (Å²) in [6.07, 6.45) is 33.7. The van der Waals surface area contributed by atoms with Crippen LogP contribution in [0.25, 0.3) is 5.57 Å². The van der Waals surface area contributed by atoms with E-state index in [9.17, 15) is 0 Å². The molecule has 0 amide bonds. The highest BCUT2D eigenvalue weighted by Crippen LogP contribution is 2.62. The normalized spacial score (nSPS) is 28.3. The molecule has 0 saturated carbocycles. The lowest BCUT2D eigenvalue weighted by molar-refractivity contribution is 0.131. The maximum absolute atomic E-state index is 7.06. The lowest BCUT2D eigenvalue weighted by atomic mass is 9.55. The molecule has 292 valence electrons. The zero-order valence-corrected chi connectivity index (χ0v) is 34.3. The third kappa shape index (κ3) is 5.77. The highest BCUT2D eigenvalue weighted by Gasteiger charge is 2.57. The van der Waals surface area contributed by atoms with Crippen molar-refractivity contribution < 1.29 is 9.47 Å². The number of fused-ring (bicyclic) bond motifs is 10. The minimum atomic E-state index is -0.441. The molecule has 59 heavy (non-hydrogen) atoms. The van der Waals surface area contributed by atoms with Gasteiger partial charge in [-0.3, -0.25) is 0 Å². The number of allylic oxidation sites excluding steroid dienone is 13. The van der Waals surface area contributed by atoms with Gasteiger partial charge in [-0.25, -0.2) is 0 Å². The lowest BCUT2D eigenvalue weighted by Crippen LogP contribution is -2.51. The minimum absolute atomic E-state index is 0.0504. The Kier molecular flexibility index (Phi) is 8.65. The van der Waals surface area contributed by atoms with Gasteiger partial charge in [0.15, 0.2) is 0 Å². The van der Waals surface area contributed by atoms with Crippen LogP contribution in [0.2, 0.25) is 0 Å². The second-order valence-electron chi connectivity index (χ2n) is 17.4. The van der Waals surface area contributed by atoms with Crippen LogP contribution in [-0.4, -0.2) is 11.4 Å². The highest BCUT2D eigenvalue weighted by atomic mass is 32.2. The van der Waals surface area contributed by atoms with Gasteiger partial charge in [0.2, 0.25) is 0 Å². The number of nitrogens with zero attached hydrogens (tertiary/aromatic N) is 1. The van der Waals surface area contributed by atoms with E-state index in [1.54, 1.807) is 10.5 Å². The van der Waals surface area contributed by atoms with Crippen LogP contribution in [0.1, 0.15) is 86.0 Å². The van der Waals surface area contributed by atoms with E-state index in [0.29, 0.717) is 11.8 Å². The number of rotatable bonds is 5. The molecule has 5 aliphatic carbocycles. The largest absolute Gasteiger partial charge is 0.485 e. The van der Waals surface area contributed by atoms with Crippen molar-refractivity contribution in [2.75, 3.05) is 4.90 Å². The fraction of sp³-hybridized carbons (Fsp3) is 0.273. The van der Waals surface area contributed by atoms with E-state index in [4.69, 9.17) is 9.47 Å². The summed E-state index contributed by atoms with van der Waals surface area (Å²) in [5, 5.41) is 0.755. The first-order valence-corrected chi connectivity index (χ1v) is 22.9. The summed E-state index contributed by atoms with van der Waals surface area (Å²) < 4.78 is 14.1. The predicted molar refractivity (Wildman–Crippen MR) is 243 cm³/mol. The first-order chi connectivity index (χ1) is 29.2. The molecule has 12 rings (SSSR count). The molecule has 8 aliphatic rings. The number of thioether (sulfide) groups is 1. The second kappa shape index (κ2) is 14.4. The standard InChI is InChI=1S/C55H49NO2S/c1-3-13-40(14-4-1)56(41-15-5-2-6-16-41)42-28-23-36(24-29-42)38-25-30-47-51(34-38)57-49-20-10-8-18-45(49)55(47)46-19-9-11-21-50(46)58-52-35-39(26-31-48(52)55)37-27-32-54-44(33-37)43-17-7-12-22-53(43)59-54/h1-5,7-8,10,13-15,17-21,23-26,28-31,34-35,37,43,47,51,53H,6,9,11-12,16,22,27,32-33H2. The molecule has 4 aromatic rings. The molecule has 0 saturated heterocycles. The third-order valence-electron chi connectivity index (χ3n) is 14.3. The Labute approximate surface area is 352 Å². The van der Waals surface area contributed by atoms with Crippen LogP contribution in [0.3, 0.4) is 0 Å². The van der Waals surface area contributed by atoms with E-state index in [-0.39, 0.29) is 12.0 Å². The fourth-order valence-corrected chi connectivity index (χ4v) is 13.2. The average Bonchev–Trinajstić information content (AvgIpc) is 3.68. The summed E-state index contributed by atoms with van der Waals surface area (Å²) in [5.41, 5.74) is 12.6. The number of para-hydroxylation sites is 2. The van der Waals surface area contributed by atoms with Crippen LogP contribution < -0.4 is 14.4 Å². The van der Waals surface area contributed by atoms with Gasteiger partial charge >= 0.3 is 0 Å². The molecule has 3 heterocycles. The van der Waals surface area contributed by atoms with Gasteiger partial charge in [0.1, 0.15) is 23.4 Å². The molecule has 1 spiro atoms. The van der Waals surface area contributed by atoms with Crippen molar-refractivity contribution in [3.05, 3.63) is 208 Å². The Bertz CT molecular complexity index is 2600. The summed E-state index contributed by atoms with van der Waals surface area (Å²) in [7, 11) is 0. The summed E-state index contributed by atoms with van der Waals surface area (Å²) in [6.45, 7) is 0. The van der Waals surface area contributed by atoms with Crippen LogP contribution in [0.4, 0.5) is 11.4 Å². The molecular weight excluding hydrogens is 739 g/mol. The van der Waals surface area contributed by atoms with Gasteiger partial charge in [-0.15, -0.1) is 11.8 Å². The molecule has 0 N–H and O–H groups in total. The Morgan fingerprint density at radius 3 is 2.47 bits per heavy atom. The minimum Gasteiger partial charge on any atom is -0.485 e. The smallest absolute Gasteiger partial charge is 0.132 e. The van der Waals surface area contributed by atoms with Gasteiger partial charge in [-0.2, -0.15) is 0 Å². The maximum Gasteiger partial charge on any atom is 0.132 e. The van der Waals surface area contributed by atoms with E-state index in [1.165, 1.54) is 82.6 Å². The van der Waals surface area contributed by atoms with Gasteiger partial charge in [0.25, 0.3) is 0 Å². The number of ether oxygens (including phenoxy) is 2. The van der Waals surface area contributed by atoms with Crippen LogP contribution in [-0.2, 0) is 5.41 Å². The first kappa shape index (κ1) is 35.5. The number of anilines is 2. The van der Waals surface area contributed by atoms with Crippen molar-refractivity contribution in [1.82, 2.24) is 0 Å². The molecule has 6 atom stereocenters. The van der Waals surface area contributed by atoms with E-state index < -0.39 is 5.41 Å². The van der Waals surface area contributed by atoms with E-state index in [0.717, 1.165) is 48.2 Å². The van der Waals surface area contributed by atoms with Crippen LogP contribution in [0.15, 0.2) is 185 Å². The number of hydrogen-bond donors (Lipinski definition) is 0. The third-order valence-corrected chi connectivity index (χ3v) is 15.8. The van der Waals surface area contributed by atoms with Gasteiger partial charge in [-0.05, 0) is 140 Å². The predicted octanol–water partition coefficient (Wildman–Crippen LogP) is 14.0. The average molecular weight is 788 g/mol. The summed E-state index contributed by atoms with van der Waals surface area (Å²) in [5.74, 6) is 4.21. The summed E-state index contributed by atoms with van der Waals surface area (Å²) in [4.78, 5) is 4.09. The number of benzene rings is 4. The van der Waals surface area contributed by atoms with Crippen molar-refractivity contribution in [2.45, 2.75) is 80.5 Å². The zero-order valence-electron chi connectivity index (χ0n) is 33.4. The number of hydrogen-bond acceptors (Lipinski definition) is 4. The molecule has 3 aliphatic heterocycles. The van der Waals surface area contributed by atoms with E-state index in [2.05, 4.69) is 174 Å². The maximum atomic E-state index is 7.06. The van der Waals surface area contributed by atoms with Crippen molar-refractivity contribution >= 4 is 28.7 Å². The van der Waals surface area contributed by atoms with E-state index in [1.807, 2.05) is 0 Å². The van der Waals surface area contributed by atoms with Crippen LogP contribution in [0.5, 0.6) is 11.5 Å². The summed E-state index contributed by atoms with van der Waals surface area (Å²) in [6, 6.07) is 36.0. The fourth-order valence-electron chi connectivity index (χ4n) is 11.6. The zero-order chi connectivity index (χ0) is 38.9. The van der Waals surface area contributed by atoms with Gasteiger partial charge < -0.3 is 14.4 Å². The van der Waals surface area contributed by atoms with Crippen LogP contribution >= 0.6 is 11.8 Å².